The fraction of sp³-hybridized carbons (Fsp3) is 1.00. The lowest BCUT2D eigenvalue weighted by atomic mass is 9.74. The lowest BCUT2D eigenvalue weighted by Crippen LogP contribution is -2.48. The zero-order valence-corrected chi connectivity index (χ0v) is 13.4. The molecule has 0 aromatic carbocycles. The van der Waals surface area contributed by atoms with Crippen LogP contribution in [-0.2, 0) is 0 Å². The van der Waals surface area contributed by atoms with Crippen molar-refractivity contribution >= 4 is 0 Å². The van der Waals surface area contributed by atoms with Crippen LogP contribution < -0.4 is 5.32 Å². The molecule has 0 aromatic heterocycles. The molecule has 2 fully saturated rings. The molecule has 2 heteroatoms. The van der Waals surface area contributed by atoms with Crippen LogP contribution in [0.4, 0.5) is 0 Å². The van der Waals surface area contributed by atoms with Gasteiger partial charge in [-0.3, -0.25) is 0 Å². The molecular formula is C17H34N2. The monoisotopic (exact) mass is 266 g/mol. The molecule has 2 atom stereocenters. The van der Waals surface area contributed by atoms with Crippen LogP contribution in [0.3, 0.4) is 0 Å². The molecule has 1 aliphatic heterocycles. The molecule has 1 saturated carbocycles. The number of nitrogens with one attached hydrogen (secondary N) is 1. The quantitative estimate of drug-likeness (QED) is 0.791. The van der Waals surface area contributed by atoms with E-state index < -0.39 is 0 Å². The highest BCUT2D eigenvalue weighted by atomic mass is 15.1. The number of nitrogens with zero attached hydrogens (tertiary/aromatic N) is 1. The average Bonchev–Trinajstić information content (AvgIpc) is 2.46. The van der Waals surface area contributed by atoms with E-state index in [1.165, 1.54) is 71.1 Å². The van der Waals surface area contributed by atoms with Crippen molar-refractivity contribution in [3.63, 3.8) is 0 Å². The van der Waals surface area contributed by atoms with E-state index in [0.717, 1.165) is 11.8 Å². The summed E-state index contributed by atoms with van der Waals surface area (Å²) in [5.41, 5.74) is 0.496. The second kappa shape index (κ2) is 7.08. The molecule has 1 aliphatic carbocycles. The number of fused-ring (bicyclic) bond motifs is 1. The maximum atomic E-state index is 3.43. The molecule has 1 saturated heterocycles. The number of piperidine rings is 1. The second-order valence-corrected chi connectivity index (χ2v) is 7.07. The molecular weight excluding hydrogens is 232 g/mol. The Morgan fingerprint density at radius 1 is 1.05 bits per heavy atom. The van der Waals surface area contributed by atoms with E-state index in [-0.39, 0.29) is 0 Å². The van der Waals surface area contributed by atoms with Crippen molar-refractivity contribution < 1.29 is 0 Å². The van der Waals surface area contributed by atoms with Crippen LogP contribution in [0.25, 0.3) is 0 Å². The maximum absolute atomic E-state index is 3.43. The van der Waals surface area contributed by atoms with Crippen LogP contribution in [0, 0.1) is 17.3 Å². The van der Waals surface area contributed by atoms with Crippen molar-refractivity contribution in [2.45, 2.75) is 58.8 Å². The van der Waals surface area contributed by atoms with Crippen LogP contribution in [0.2, 0.25) is 0 Å². The van der Waals surface area contributed by atoms with Gasteiger partial charge in [-0.2, -0.15) is 0 Å². The van der Waals surface area contributed by atoms with Gasteiger partial charge in [0.15, 0.2) is 0 Å². The van der Waals surface area contributed by atoms with Crippen LogP contribution in [-0.4, -0.2) is 38.1 Å². The Balaban J connectivity index is 1.91. The minimum absolute atomic E-state index is 0.496. The number of hydrogen-bond acceptors (Lipinski definition) is 2. The second-order valence-electron chi connectivity index (χ2n) is 7.07. The van der Waals surface area contributed by atoms with Crippen molar-refractivity contribution in [3.05, 3.63) is 0 Å². The molecule has 1 heterocycles. The van der Waals surface area contributed by atoms with Crippen molar-refractivity contribution in [1.82, 2.24) is 10.2 Å². The standard InChI is InChI=1S/C17H34N2/c1-4-17(5-2,13-18-3)14-19-11-10-15-8-6-7-9-16(15)12-19/h15-16,18H,4-14H2,1-3H3. The van der Waals surface area contributed by atoms with E-state index in [0.29, 0.717) is 5.41 Å². The Morgan fingerprint density at radius 2 is 1.74 bits per heavy atom. The summed E-state index contributed by atoms with van der Waals surface area (Å²) in [6.45, 7) is 9.96. The van der Waals surface area contributed by atoms with Gasteiger partial charge in [0.1, 0.15) is 0 Å². The molecule has 0 radical (unpaired) electrons. The summed E-state index contributed by atoms with van der Waals surface area (Å²) in [5.74, 6) is 2.08. The molecule has 19 heavy (non-hydrogen) atoms. The first-order chi connectivity index (χ1) is 9.23. The third-order valence-corrected chi connectivity index (χ3v) is 5.99. The highest BCUT2D eigenvalue weighted by Crippen LogP contribution is 2.37. The number of rotatable bonds is 6. The molecule has 2 nitrogen and oxygen atoms in total. The van der Waals surface area contributed by atoms with Gasteiger partial charge in [0.2, 0.25) is 0 Å². The molecule has 0 amide bonds. The van der Waals surface area contributed by atoms with Gasteiger partial charge in [0.05, 0.1) is 0 Å². The Hall–Kier alpha value is -0.0800. The molecule has 1 N–H and O–H groups in total. The fourth-order valence-electron chi connectivity index (χ4n) is 4.45. The van der Waals surface area contributed by atoms with E-state index in [2.05, 4.69) is 31.1 Å². The zero-order chi connectivity index (χ0) is 13.7. The molecule has 112 valence electrons. The van der Waals surface area contributed by atoms with Gasteiger partial charge in [-0.15, -0.1) is 0 Å². The highest BCUT2D eigenvalue weighted by molar-refractivity contribution is 4.88. The summed E-state index contributed by atoms with van der Waals surface area (Å²) in [6.07, 6.45) is 10.1. The fourth-order valence-corrected chi connectivity index (χ4v) is 4.45. The smallest absolute Gasteiger partial charge is 0.00501 e. The van der Waals surface area contributed by atoms with Gasteiger partial charge >= 0.3 is 0 Å². The molecule has 2 rings (SSSR count). The maximum Gasteiger partial charge on any atom is 0.00501 e. The largest absolute Gasteiger partial charge is 0.319 e. The minimum atomic E-state index is 0.496. The summed E-state index contributed by atoms with van der Waals surface area (Å²) in [4.78, 5) is 2.79. The molecule has 0 bridgehead atoms. The summed E-state index contributed by atoms with van der Waals surface area (Å²) in [7, 11) is 2.10. The summed E-state index contributed by atoms with van der Waals surface area (Å²) in [5, 5.41) is 3.43. The van der Waals surface area contributed by atoms with Gasteiger partial charge in [-0.05, 0) is 56.5 Å². The highest BCUT2D eigenvalue weighted by Gasteiger charge is 2.34. The molecule has 2 aliphatic rings. The predicted molar refractivity (Wildman–Crippen MR) is 83.4 cm³/mol. The van der Waals surface area contributed by atoms with E-state index in [4.69, 9.17) is 0 Å². The van der Waals surface area contributed by atoms with E-state index >= 15 is 0 Å². The Kier molecular flexibility index (Phi) is 5.70. The summed E-state index contributed by atoms with van der Waals surface area (Å²) in [6, 6.07) is 0. The molecule has 0 spiro atoms. The van der Waals surface area contributed by atoms with E-state index in [1.54, 1.807) is 0 Å². The van der Waals surface area contributed by atoms with Crippen LogP contribution in [0.15, 0.2) is 0 Å². The third-order valence-electron chi connectivity index (χ3n) is 5.99. The first kappa shape index (κ1) is 15.3. The van der Waals surface area contributed by atoms with Gasteiger partial charge in [0, 0.05) is 19.6 Å². The van der Waals surface area contributed by atoms with Gasteiger partial charge < -0.3 is 10.2 Å². The molecule has 2 unspecified atom stereocenters. The summed E-state index contributed by atoms with van der Waals surface area (Å²) < 4.78 is 0. The lowest BCUT2D eigenvalue weighted by Gasteiger charge is -2.45. The minimum Gasteiger partial charge on any atom is -0.319 e. The Labute approximate surface area is 120 Å². The normalized spacial score (nSPS) is 29.2. The van der Waals surface area contributed by atoms with Crippen LogP contribution >= 0.6 is 0 Å². The number of likely N-dealkylation sites (tertiary alicyclic amines) is 1. The van der Waals surface area contributed by atoms with Gasteiger partial charge in [-0.1, -0.05) is 33.1 Å². The Morgan fingerprint density at radius 3 is 2.37 bits per heavy atom. The topological polar surface area (TPSA) is 15.3 Å². The summed E-state index contributed by atoms with van der Waals surface area (Å²) >= 11 is 0. The lowest BCUT2D eigenvalue weighted by molar-refractivity contribution is 0.0483. The predicted octanol–water partition coefficient (Wildman–Crippen LogP) is 3.52. The number of hydrogen-bond donors (Lipinski definition) is 1. The van der Waals surface area contributed by atoms with E-state index in [1.807, 2.05) is 0 Å². The van der Waals surface area contributed by atoms with Crippen molar-refractivity contribution in [1.29, 1.82) is 0 Å². The third kappa shape index (κ3) is 3.72. The van der Waals surface area contributed by atoms with Gasteiger partial charge in [-0.25, -0.2) is 0 Å². The SMILES string of the molecule is CCC(CC)(CNC)CN1CCC2CCCCC2C1. The zero-order valence-electron chi connectivity index (χ0n) is 13.4. The van der Waals surface area contributed by atoms with Crippen molar-refractivity contribution in [2.75, 3.05) is 33.2 Å². The van der Waals surface area contributed by atoms with Crippen LogP contribution in [0.5, 0.6) is 0 Å². The van der Waals surface area contributed by atoms with Crippen LogP contribution in [0.1, 0.15) is 58.8 Å². The van der Waals surface area contributed by atoms with Crippen molar-refractivity contribution in [3.8, 4) is 0 Å². The van der Waals surface area contributed by atoms with Crippen molar-refractivity contribution in [2.24, 2.45) is 17.3 Å². The van der Waals surface area contributed by atoms with Gasteiger partial charge in [0.25, 0.3) is 0 Å². The first-order valence-electron chi connectivity index (χ1n) is 8.60. The Bertz CT molecular complexity index is 260. The average molecular weight is 266 g/mol. The van der Waals surface area contributed by atoms with E-state index in [9.17, 15) is 0 Å². The molecule has 0 aromatic rings. The first-order valence-corrected chi connectivity index (χ1v) is 8.60.